The average molecular weight is 562 g/mol. The number of hydrogen-bond donors (Lipinski definition) is 2. The fourth-order valence-electron chi connectivity index (χ4n) is 5.94. The fourth-order valence-corrected chi connectivity index (χ4v) is 8.88. The maximum atomic E-state index is 13.3. The highest BCUT2D eigenvalue weighted by molar-refractivity contribution is 7.89. The molecule has 0 spiro atoms. The molecule has 2 aromatic rings. The van der Waals surface area contributed by atoms with Crippen molar-refractivity contribution in [2.24, 2.45) is 11.8 Å². The van der Waals surface area contributed by atoms with Crippen LogP contribution in [0, 0.1) is 11.8 Å². The minimum absolute atomic E-state index is 0.171. The van der Waals surface area contributed by atoms with Gasteiger partial charge in [0.25, 0.3) is 5.91 Å². The zero-order valence-corrected chi connectivity index (χ0v) is 24.9. The lowest BCUT2D eigenvalue weighted by Crippen LogP contribution is -2.55. The molecule has 0 unspecified atom stereocenters. The van der Waals surface area contributed by atoms with E-state index in [1.54, 1.807) is 11.2 Å². The molecule has 2 N–H and O–H groups in total. The van der Waals surface area contributed by atoms with E-state index in [1.165, 1.54) is 35.6 Å². The Labute approximate surface area is 230 Å². The number of nitrogens with zero attached hydrogens (tertiary/aromatic N) is 1. The highest BCUT2D eigenvalue weighted by Crippen LogP contribution is 2.45. The minimum Gasteiger partial charge on any atom is -0.462 e. The molecule has 2 atom stereocenters. The third kappa shape index (κ3) is 5.68. The number of sulfonamides is 1. The number of nitrogens with one attached hydrogen (secondary N) is 2. The lowest BCUT2D eigenvalue weighted by Gasteiger charge is -2.42. The molecule has 3 heterocycles. The summed E-state index contributed by atoms with van der Waals surface area (Å²) in [5.74, 6) is -0.271. The summed E-state index contributed by atoms with van der Waals surface area (Å²) in [5.41, 5.74) is 0.958. The summed E-state index contributed by atoms with van der Waals surface area (Å²) >= 11 is 1.38. The summed E-state index contributed by atoms with van der Waals surface area (Å²) in [6.07, 6.45) is 1.63. The van der Waals surface area contributed by atoms with Crippen molar-refractivity contribution in [2.75, 3.05) is 25.0 Å². The van der Waals surface area contributed by atoms with E-state index in [2.05, 4.69) is 52.2 Å². The van der Waals surface area contributed by atoms with E-state index in [0.717, 1.165) is 16.9 Å². The van der Waals surface area contributed by atoms with E-state index >= 15 is 0 Å². The number of anilines is 1. The van der Waals surface area contributed by atoms with Gasteiger partial charge >= 0.3 is 5.97 Å². The number of hydrogen-bond acceptors (Lipinski definition) is 7. The van der Waals surface area contributed by atoms with Crippen LogP contribution < -0.4 is 10.6 Å². The van der Waals surface area contributed by atoms with Crippen LogP contribution in [0.5, 0.6) is 0 Å². The molecule has 2 aliphatic rings. The van der Waals surface area contributed by atoms with Gasteiger partial charge in [-0.25, -0.2) is 13.2 Å². The first-order valence-corrected chi connectivity index (χ1v) is 15.4. The Morgan fingerprint density at radius 3 is 2.29 bits per heavy atom. The van der Waals surface area contributed by atoms with Crippen molar-refractivity contribution in [1.29, 1.82) is 0 Å². The molecule has 0 radical (unpaired) electrons. The molecular formula is C28H39N3O5S2. The zero-order chi connectivity index (χ0) is 28.0. The second-order valence-electron chi connectivity index (χ2n) is 11.9. The molecule has 0 aliphatic carbocycles. The second-order valence-corrected chi connectivity index (χ2v) is 14.9. The molecule has 1 fully saturated rings. The number of carbonyl (C=O) groups excluding carboxylic acids is 2. The number of thiophene rings is 1. The summed E-state index contributed by atoms with van der Waals surface area (Å²) in [7, 11) is -3.64. The number of carbonyl (C=O) groups is 2. The topological polar surface area (TPSA) is 105 Å². The summed E-state index contributed by atoms with van der Waals surface area (Å²) in [5, 5.41) is 6.98. The van der Waals surface area contributed by atoms with Crippen molar-refractivity contribution in [2.45, 2.75) is 77.3 Å². The van der Waals surface area contributed by atoms with E-state index in [0.29, 0.717) is 47.5 Å². The summed E-state index contributed by atoms with van der Waals surface area (Å²) < 4.78 is 33.4. The highest BCUT2D eigenvalue weighted by atomic mass is 32.2. The SMILES string of the molecule is CCOC(=O)c1c(NC(=O)c2ccc(S(=O)(=O)N3C[C@@H](C)C[C@H](C)C3)cc2)sc2c1CC(C)(C)NC2(C)C. The third-order valence-electron chi connectivity index (χ3n) is 7.14. The van der Waals surface area contributed by atoms with E-state index < -0.39 is 27.4 Å². The van der Waals surface area contributed by atoms with Crippen LogP contribution in [0.4, 0.5) is 5.00 Å². The van der Waals surface area contributed by atoms with Crippen LogP contribution in [0.15, 0.2) is 29.2 Å². The molecule has 208 valence electrons. The average Bonchev–Trinajstić information content (AvgIpc) is 3.15. The summed E-state index contributed by atoms with van der Waals surface area (Å²) in [6.45, 7) is 15.4. The van der Waals surface area contributed by atoms with Gasteiger partial charge in [0.15, 0.2) is 0 Å². The molecule has 1 saturated heterocycles. The Kier molecular flexibility index (Phi) is 7.84. The monoisotopic (exact) mass is 561 g/mol. The molecule has 0 saturated carbocycles. The molecular weight excluding hydrogens is 522 g/mol. The Bertz CT molecular complexity index is 1320. The molecule has 1 aromatic heterocycles. The van der Waals surface area contributed by atoms with Crippen molar-refractivity contribution in [3.8, 4) is 0 Å². The van der Waals surface area contributed by atoms with Gasteiger partial charge in [-0.15, -0.1) is 11.3 Å². The van der Waals surface area contributed by atoms with Crippen LogP contribution in [-0.2, 0) is 26.7 Å². The number of benzene rings is 1. The Balaban J connectivity index is 1.61. The van der Waals surface area contributed by atoms with Crippen molar-refractivity contribution < 1.29 is 22.7 Å². The summed E-state index contributed by atoms with van der Waals surface area (Å²) in [4.78, 5) is 27.5. The normalized spacial score (nSPS) is 22.9. The summed E-state index contributed by atoms with van der Waals surface area (Å²) in [6, 6.07) is 6.00. The first-order chi connectivity index (χ1) is 17.6. The number of piperidine rings is 1. The van der Waals surface area contributed by atoms with Crippen LogP contribution in [0.1, 0.15) is 86.0 Å². The van der Waals surface area contributed by atoms with Gasteiger partial charge in [0.05, 0.1) is 17.1 Å². The van der Waals surface area contributed by atoms with Crippen LogP contribution in [-0.4, -0.2) is 49.8 Å². The zero-order valence-electron chi connectivity index (χ0n) is 23.3. The lowest BCUT2D eigenvalue weighted by atomic mass is 9.81. The maximum Gasteiger partial charge on any atom is 0.341 e. The van der Waals surface area contributed by atoms with Gasteiger partial charge in [0, 0.05) is 34.6 Å². The predicted molar refractivity (Wildman–Crippen MR) is 150 cm³/mol. The highest BCUT2D eigenvalue weighted by Gasteiger charge is 2.42. The Morgan fingerprint density at radius 1 is 1.11 bits per heavy atom. The number of rotatable bonds is 6. The molecule has 8 nitrogen and oxygen atoms in total. The first kappa shape index (κ1) is 28.7. The van der Waals surface area contributed by atoms with Gasteiger partial charge in [-0.3, -0.25) is 4.79 Å². The molecule has 38 heavy (non-hydrogen) atoms. The van der Waals surface area contributed by atoms with Crippen LogP contribution in [0.25, 0.3) is 0 Å². The quantitative estimate of drug-likeness (QED) is 0.481. The van der Waals surface area contributed by atoms with Gasteiger partial charge < -0.3 is 15.4 Å². The molecule has 4 rings (SSSR count). The van der Waals surface area contributed by atoms with Crippen LogP contribution >= 0.6 is 11.3 Å². The Hall–Kier alpha value is -2.27. The van der Waals surface area contributed by atoms with E-state index in [9.17, 15) is 18.0 Å². The molecule has 1 aromatic carbocycles. The van der Waals surface area contributed by atoms with Gasteiger partial charge in [-0.05, 0) is 89.1 Å². The molecule has 1 amide bonds. The number of fused-ring (bicyclic) bond motifs is 1. The fraction of sp³-hybridized carbons (Fsp3) is 0.571. The van der Waals surface area contributed by atoms with E-state index in [-0.39, 0.29) is 17.0 Å². The Morgan fingerprint density at radius 2 is 1.71 bits per heavy atom. The standard InChI is InChI=1S/C28H39N3O5S2/c1-8-36-26(33)22-21-14-27(4,5)30-28(6,7)23(21)37-25(22)29-24(32)19-9-11-20(12-10-19)38(34,35)31-15-17(2)13-18(3)16-31/h9-12,17-18,30H,8,13-16H2,1-7H3,(H,29,32)/t17-,18-/m0/s1. The van der Waals surface area contributed by atoms with Gasteiger partial charge in [0.2, 0.25) is 10.0 Å². The van der Waals surface area contributed by atoms with Gasteiger partial charge in [0.1, 0.15) is 5.00 Å². The largest absolute Gasteiger partial charge is 0.462 e. The van der Waals surface area contributed by atoms with Crippen molar-refractivity contribution in [3.05, 3.63) is 45.8 Å². The van der Waals surface area contributed by atoms with Crippen molar-refractivity contribution in [3.63, 3.8) is 0 Å². The molecule has 2 aliphatic heterocycles. The van der Waals surface area contributed by atoms with Crippen LogP contribution in [0.3, 0.4) is 0 Å². The molecule has 10 heteroatoms. The molecule has 0 bridgehead atoms. The number of amides is 1. The lowest BCUT2D eigenvalue weighted by molar-refractivity contribution is 0.0525. The van der Waals surface area contributed by atoms with Gasteiger partial charge in [-0.2, -0.15) is 4.31 Å². The number of ether oxygens (including phenoxy) is 1. The number of esters is 1. The smallest absolute Gasteiger partial charge is 0.341 e. The van der Waals surface area contributed by atoms with Gasteiger partial charge in [-0.1, -0.05) is 13.8 Å². The van der Waals surface area contributed by atoms with Crippen molar-refractivity contribution >= 4 is 38.2 Å². The van der Waals surface area contributed by atoms with Crippen molar-refractivity contribution in [1.82, 2.24) is 9.62 Å². The predicted octanol–water partition coefficient (Wildman–Crippen LogP) is 5.00. The first-order valence-electron chi connectivity index (χ1n) is 13.2. The van der Waals surface area contributed by atoms with Crippen LogP contribution in [0.2, 0.25) is 0 Å². The van der Waals surface area contributed by atoms with E-state index in [4.69, 9.17) is 4.74 Å². The third-order valence-corrected chi connectivity index (χ3v) is 10.5. The minimum atomic E-state index is -3.64. The maximum absolute atomic E-state index is 13.3. The second kappa shape index (κ2) is 10.4. The van der Waals surface area contributed by atoms with E-state index in [1.807, 2.05) is 0 Å².